The fraction of sp³-hybridized carbons (Fsp3) is 0.0244. The van der Waals surface area contributed by atoms with Gasteiger partial charge in [0.25, 0.3) is 0 Å². The minimum absolute atomic E-state index is 0.433. The van der Waals surface area contributed by atoms with Crippen LogP contribution in [0.4, 0.5) is 28.4 Å². The van der Waals surface area contributed by atoms with Gasteiger partial charge >= 0.3 is 0 Å². The minimum Gasteiger partial charge on any atom is -0.355 e. The molecular weight excluding hydrogens is 520 g/mol. The van der Waals surface area contributed by atoms with Crippen LogP contribution < -0.4 is 10.2 Å². The highest BCUT2D eigenvalue weighted by Gasteiger charge is 2.51. The molecule has 1 spiro atoms. The number of benzene rings is 7. The van der Waals surface area contributed by atoms with Gasteiger partial charge in [-0.05, 0) is 86.6 Å². The molecule has 2 nitrogen and oxygen atoms in total. The Balaban J connectivity index is 1.37. The van der Waals surface area contributed by atoms with Crippen LogP contribution in [-0.4, -0.2) is 0 Å². The summed E-state index contributed by atoms with van der Waals surface area (Å²) in [5, 5.41) is 6.14. The number of hydrogen-bond acceptors (Lipinski definition) is 2. The first-order valence-corrected chi connectivity index (χ1v) is 14.9. The van der Waals surface area contributed by atoms with Crippen LogP contribution in [0.15, 0.2) is 164 Å². The van der Waals surface area contributed by atoms with Gasteiger partial charge in [-0.25, -0.2) is 0 Å². The van der Waals surface area contributed by atoms with Crippen LogP contribution in [0.3, 0.4) is 0 Å². The van der Waals surface area contributed by atoms with Gasteiger partial charge in [0.1, 0.15) is 0 Å². The van der Waals surface area contributed by atoms with Gasteiger partial charge in [-0.3, -0.25) is 0 Å². The highest BCUT2D eigenvalue weighted by atomic mass is 15.2. The topological polar surface area (TPSA) is 15.3 Å². The Labute approximate surface area is 251 Å². The summed E-state index contributed by atoms with van der Waals surface area (Å²) in [6.45, 7) is 0. The first-order chi connectivity index (χ1) is 21.3. The monoisotopic (exact) mass is 548 g/mol. The van der Waals surface area contributed by atoms with E-state index in [1.165, 1.54) is 55.5 Å². The number of fused-ring (bicyclic) bond motifs is 10. The number of nitrogens with zero attached hydrogens (tertiary/aromatic N) is 1. The number of rotatable bonds is 3. The Morgan fingerprint density at radius 3 is 1.77 bits per heavy atom. The number of hydrogen-bond donors (Lipinski definition) is 1. The molecule has 7 aromatic rings. The van der Waals surface area contributed by atoms with Gasteiger partial charge in [-0.1, -0.05) is 121 Å². The minimum atomic E-state index is -0.433. The van der Waals surface area contributed by atoms with Gasteiger partial charge in [0.2, 0.25) is 0 Å². The van der Waals surface area contributed by atoms with Crippen LogP contribution >= 0.6 is 0 Å². The summed E-state index contributed by atoms with van der Waals surface area (Å²) in [6, 6.07) is 59.7. The molecule has 0 amide bonds. The third kappa shape index (κ3) is 3.41. The molecule has 0 atom stereocenters. The van der Waals surface area contributed by atoms with Crippen LogP contribution in [0.1, 0.15) is 22.3 Å². The maximum absolute atomic E-state index is 3.67. The predicted molar refractivity (Wildman–Crippen MR) is 179 cm³/mol. The van der Waals surface area contributed by atoms with E-state index in [1.807, 2.05) is 0 Å². The second kappa shape index (κ2) is 9.20. The Morgan fingerprint density at radius 1 is 0.395 bits per heavy atom. The highest BCUT2D eigenvalue weighted by Crippen LogP contribution is 2.63. The summed E-state index contributed by atoms with van der Waals surface area (Å²) in [6.07, 6.45) is 0. The average molecular weight is 549 g/mol. The van der Waals surface area contributed by atoms with Crippen molar-refractivity contribution in [2.75, 3.05) is 10.2 Å². The normalized spacial score (nSPS) is 13.7. The molecule has 0 aromatic heterocycles. The zero-order valence-corrected chi connectivity index (χ0v) is 23.5. The SMILES string of the molecule is c1ccc(Nc2ccc3c(c2)N(c2ccc4ccccc4c2)c2ccccc2C32c3ccccc3-c3ccccc32)cc1. The summed E-state index contributed by atoms with van der Waals surface area (Å²) in [5.41, 5.74) is 13.1. The first kappa shape index (κ1) is 24.0. The van der Waals surface area contributed by atoms with Crippen LogP contribution in [0.2, 0.25) is 0 Å². The van der Waals surface area contributed by atoms with Gasteiger partial charge in [-0.2, -0.15) is 0 Å². The second-order valence-corrected chi connectivity index (χ2v) is 11.4. The molecule has 0 radical (unpaired) electrons. The Bertz CT molecular complexity index is 2130. The molecule has 1 heterocycles. The summed E-state index contributed by atoms with van der Waals surface area (Å²) in [7, 11) is 0. The zero-order valence-electron chi connectivity index (χ0n) is 23.5. The van der Waals surface area contributed by atoms with E-state index in [9.17, 15) is 0 Å². The third-order valence-corrected chi connectivity index (χ3v) is 9.20. The number of nitrogens with one attached hydrogen (secondary N) is 1. The molecule has 0 fully saturated rings. The molecule has 0 unspecified atom stereocenters. The molecule has 43 heavy (non-hydrogen) atoms. The van der Waals surface area contributed by atoms with E-state index in [-0.39, 0.29) is 0 Å². The summed E-state index contributed by atoms with van der Waals surface area (Å²) in [4.78, 5) is 2.46. The fourth-order valence-electron chi connectivity index (χ4n) is 7.47. The van der Waals surface area contributed by atoms with Crippen molar-refractivity contribution < 1.29 is 0 Å². The van der Waals surface area contributed by atoms with Crippen molar-refractivity contribution in [2.24, 2.45) is 0 Å². The maximum atomic E-state index is 3.67. The predicted octanol–water partition coefficient (Wildman–Crippen LogP) is 10.7. The van der Waals surface area contributed by atoms with Crippen molar-refractivity contribution in [2.45, 2.75) is 5.41 Å². The quantitative estimate of drug-likeness (QED) is 0.236. The van der Waals surface area contributed by atoms with E-state index in [1.54, 1.807) is 0 Å². The van der Waals surface area contributed by atoms with E-state index in [4.69, 9.17) is 0 Å². The molecular formula is C41H28N2. The molecule has 9 rings (SSSR count). The molecule has 1 aliphatic carbocycles. The lowest BCUT2D eigenvalue weighted by Gasteiger charge is -2.45. The van der Waals surface area contributed by atoms with Gasteiger partial charge < -0.3 is 10.2 Å². The van der Waals surface area contributed by atoms with Crippen LogP contribution in [0.5, 0.6) is 0 Å². The molecule has 0 saturated carbocycles. The van der Waals surface area contributed by atoms with Crippen molar-refractivity contribution in [1.29, 1.82) is 0 Å². The van der Waals surface area contributed by atoms with Crippen molar-refractivity contribution in [1.82, 2.24) is 0 Å². The third-order valence-electron chi connectivity index (χ3n) is 9.20. The van der Waals surface area contributed by atoms with Crippen molar-refractivity contribution in [3.8, 4) is 11.1 Å². The number of para-hydroxylation sites is 2. The molecule has 0 bridgehead atoms. The standard InChI is InChI=1S/C41H28N2/c1-2-14-30(15-3-1)42-31-23-25-38-40(27-31)43(32-24-22-28-12-4-5-13-29(28)26-32)39-21-11-10-20-37(39)41(38)35-18-8-6-16-33(35)34-17-7-9-19-36(34)41/h1-27,42H. The van der Waals surface area contributed by atoms with Gasteiger partial charge in [-0.15, -0.1) is 0 Å². The Morgan fingerprint density at radius 2 is 1.00 bits per heavy atom. The molecule has 0 saturated heterocycles. The number of anilines is 5. The van der Waals surface area contributed by atoms with Crippen LogP contribution in [0, 0.1) is 0 Å². The molecule has 202 valence electrons. The molecule has 1 N–H and O–H groups in total. The van der Waals surface area contributed by atoms with E-state index >= 15 is 0 Å². The smallest absolute Gasteiger partial charge is 0.0754 e. The summed E-state index contributed by atoms with van der Waals surface area (Å²) >= 11 is 0. The molecule has 7 aromatic carbocycles. The van der Waals surface area contributed by atoms with Gasteiger partial charge in [0.15, 0.2) is 0 Å². The van der Waals surface area contributed by atoms with Crippen LogP contribution in [-0.2, 0) is 5.41 Å². The highest BCUT2D eigenvalue weighted by molar-refractivity contribution is 5.98. The lowest BCUT2D eigenvalue weighted by molar-refractivity contribution is 0.753. The van der Waals surface area contributed by atoms with Gasteiger partial charge in [0.05, 0.1) is 16.8 Å². The van der Waals surface area contributed by atoms with E-state index < -0.39 is 5.41 Å². The first-order valence-electron chi connectivity index (χ1n) is 14.9. The largest absolute Gasteiger partial charge is 0.355 e. The average Bonchev–Trinajstić information content (AvgIpc) is 3.36. The second-order valence-electron chi connectivity index (χ2n) is 11.4. The zero-order chi connectivity index (χ0) is 28.4. The summed E-state index contributed by atoms with van der Waals surface area (Å²) in [5.74, 6) is 0. The van der Waals surface area contributed by atoms with E-state index in [2.05, 4.69) is 174 Å². The van der Waals surface area contributed by atoms with Crippen molar-refractivity contribution in [3.63, 3.8) is 0 Å². The molecule has 2 heteroatoms. The van der Waals surface area contributed by atoms with Crippen molar-refractivity contribution in [3.05, 3.63) is 186 Å². The van der Waals surface area contributed by atoms with E-state index in [0.717, 1.165) is 17.1 Å². The van der Waals surface area contributed by atoms with E-state index in [0.29, 0.717) is 0 Å². The van der Waals surface area contributed by atoms with Crippen LogP contribution in [0.25, 0.3) is 21.9 Å². The Kier molecular flexibility index (Phi) is 5.15. The molecule has 2 aliphatic rings. The maximum Gasteiger partial charge on any atom is 0.0754 e. The lowest BCUT2D eigenvalue weighted by atomic mass is 9.64. The van der Waals surface area contributed by atoms with Gasteiger partial charge in [0, 0.05) is 17.1 Å². The molecule has 1 aliphatic heterocycles. The van der Waals surface area contributed by atoms with Crippen molar-refractivity contribution >= 4 is 39.2 Å². The Hall–Kier alpha value is -5.60. The lowest BCUT2D eigenvalue weighted by Crippen LogP contribution is -2.36. The summed E-state index contributed by atoms with van der Waals surface area (Å²) < 4.78 is 0. The fourth-order valence-corrected chi connectivity index (χ4v) is 7.47.